The molecule has 7 heteroatoms. The summed E-state index contributed by atoms with van der Waals surface area (Å²) in [5.74, 6) is 0. The number of hydrogen-bond donors (Lipinski definition) is 0. The van der Waals surface area contributed by atoms with Crippen LogP contribution in [-0.2, 0) is 36.8 Å². The van der Waals surface area contributed by atoms with E-state index in [0.717, 1.165) is 24.2 Å². The molecule has 0 spiro atoms. The fraction of sp³-hybridized carbons (Fsp3) is 0.586. The molecule has 2 rings (SSSR count). The Balaban J connectivity index is 1.57. The molecule has 0 aliphatic rings. The fourth-order valence-corrected chi connectivity index (χ4v) is 3.57. The molecule has 6 nitrogen and oxygen atoms in total. The first kappa shape index (κ1) is 30.4. The smallest absolute Gasteiger partial charge is 0.138 e. The summed E-state index contributed by atoms with van der Waals surface area (Å²) in [6.07, 6.45) is -0.603. The number of ether oxygens (including phenoxy) is 5. The lowest BCUT2D eigenvalue weighted by molar-refractivity contribution is -0.0413. The maximum absolute atomic E-state index is 15.1. The Kier molecular flexibility index (Phi) is 17.0. The molecule has 0 radical (unpaired) electrons. The Bertz CT molecular complexity index is 710. The topological polar surface area (TPSA) is 49.4 Å². The van der Waals surface area contributed by atoms with Crippen LogP contribution in [0.15, 0.2) is 60.7 Å². The summed E-state index contributed by atoms with van der Waals surface area (Å²) in [5, 5.41) is 0. The van der Waals surface area contributed by atoms with Gasteiger partial charge in [-0.25, -0.2) is 4.39 Å². The molecule has 0 saturated carbocycles. The van der Waals surface area contributed by atoms with Crippen molar-refractivity contribution in [2.45, 2.75) is 45.6 Å². The van der Waals surface area contributed by atoms with Gasteiger partial charge < -0.3 is 23.7 Å². The van der Waals surface area contributed by atoms with E-state index < -0.39 is 12.3 Å². The molecule has 2 aromatic carbocycles. The Hall–Kier alpha value is -1.87. The molecular formula is C29H44FNO5. The van der Waals surface area contributed by atoms with Crippen LogP contribution < -0.4 is 0 Å². The highest BCUT2D eigenvalue weighted by atomic mass is 19.1. The zero-order chi connectivity index (χ0) is 25.7. The highest BCUT2D eigenvalue weighted by molar-refractivity contribution is 5.17. The molecular weight excluding hydrogens is 461 g/mol. The van der Waals surface area contributed by atoms with Gasteiger partial charge in [0.15, 0.2) is 0 Å². The van der Waals surface area contributed by atoms with Gasteiger partial charge in [-0.3, -0.25) is 4.90 Å². The maximum atomic E-state index is 15.1. The number of nitrogens with zero attached hydrogens (tertiary/aromatic N) is 1. The second kappa shape index (κ2) is 20.2. The first-order chi connectivity index (χ1) is 17.7. The molecule has 0 amide bonds. The zero-order valence-electron chi connectivity index (χ0n) is 22.0. The van der Waals surface area contributed by atoms with Gasteiger partial charge in [0.05, 0.1) is 59.0 Å². The first-order valence-corrected chi connectivity index (χ1v) is 13.1. The van der Waals surface area contributed by atoms with Crippen molar-refractivity contribution < 1.29 is 28.1 Å². The minimum Gasteiger partial charge on any atom is -0.379 e. The summed E-state index contributed by atoms with van der Waals surface area (Å²) in [5.41, 5.74) is 2.33. The quantitative estimate of drug-likeness (QED) is 0.212. The van der Waals surface area contributed by atoms with E-state index in [2.05, 4.69) is 36.1 Å². The molecule has 2 aromatic rings. The van der Waals surface area contributed by atoms with Crippen LogP contribution >= 0.6 is 0 Å². The number of alkyl halides is 1. The van der Waals surface area contributed by atoms with Crippen molar-refractivity contribution in [3.05, 3.63) is 71.8 Å². The minimum atomic E-state index is -1.10. The van der Waals surface area contributed by atoms with Crippen molar-refractivity contribution in [2.24, 2.45) is 0 Å². The van der Waals surface area contributed by atoms with Crippen molar-refractivity contribution in [3.63, 3.8) is 0 Å². The molecule has 0 N–H and O–H groups in total. The van der Waals surface area contributed by atoms with Crippen LogP contribution in [-0.4, -0.2) is 83.2 Å². The second-order valence-electron chi connectivity index (χ2n) is 8.68. The van der Waals surface area contributed by atoms with Crippen molar-refractivity contribution in [2.75, 3.05) is 66.0 Å². The second-order valence-corrected chi connectivity index (χ2v) is 8.68. The molecule has 0 bridgehead atoms. The third-order valence-electron chi connectivity index (χ3n) is 5.51. The van der Waals surface area contributed by atoms with Crippen molar-refractivity contribution in [3.8, 4) is 0 Å². The van der Waals surface area contributed by atoms with Crippen molar-refractivity contribution >= 4 is 0 Å². The normalized spacial score (nSPS) is 13.2. The van der Waals surface area contributed by atoms with Gasteiger partial charge in [-0.1, -0.05) is 67.6 Å². The van der Waals surface area contributed by atoms with E-state index >= 15 is 4.39 Å². The average molecular weight is 506 g/mol. The number of hydrogen-bond acceptors (Lipinski definition) is 6. The lowest BCUT2D eigenvalue weighted by Gasteiger charge is -2.27. The number of rotatable bonds is 22. The highest BCUT2D eigenvalue weighted by Gasteiger charge is 2.21. The lowest BCUT2D eigenvalue weighted by atomic mass is 10.1. The summed E-state index contributed by atoms with van der Waals surface area (Å²) < 4.78 is 42.5. The Morgan fingerprint density at radius 2 is 1.06 bits per heavy atom. The maximum Gasteiger partial charge on any atom is 0.138 e. The third-order valence-corrected chi connectivity index (χ3v) is 5.51. The SMILES string of the molecule is CCCOCCOCCOCCOCCOC(C)C(F)CN(Cc1ccccc1)Cc1ccccc1. The van der Waals surface area contributed by atoms with Gasteiger partial charge in [-0.2, -0.15) is 0 Å². The summed E-state index contributed by atoms with van der Waals surface area (Å²) in [6.45, 7) is 10.3. The molecule has 36 heavy (non-hydrogen) atoms. The molecule has 0 saturated heterocycles. The van der Waals surface area contributed by atoms with Gasteiger partial charge in [0.25, 0.3) is 0 Å². The summed E-state index contributed by atoms with van der Waals surface area (Å²) in [6, 6.07) is 20.3. The van der Waals surface area contributed by atoms with E-state index in [1.54, 1.807) is 6.92 Å². The van der Waals surface area contributed by atoms with Crippen LogP contribution in [0.4, 0.5) is 4.39 Å². The Morgan fingerprint density at radius 3 is 1.50 bits per heavy atom. The number of halogens is 1. The molecule has 202 valence electrons. The zero-order valence-corrected chi connectivity index (χ0v) is 22.0. The largest absolute Gasteiger partial charge is 0.379 e. The van der Waals surface area contributed by atoms with Gasteiger partial charge >= 0.3 is 0 Å². The van der Waals surface area contributed by atoms with Crippen LogP contribution in [0.25, 0.3) is 0 Å². The summed E-state index contributed by atoms with van der Waals surface area (Å²) in [7, 11) is 0. The van der Waals surface area contributed by atoms with Crippen LogP contribution in [0.3, 0.4) is 0 Å². The van der Waals surface area contributed by atoms with Crippen LogP contribution in [0.5, 0.6) is 0 Å². The molecule has 2 atom stereocenters. The summed E-state index contributed by atoms with van der Waals surface area (Å²) >= 11 is 0. The Morgan fingerprint density at radius 1 is 0.639 bits per heavy atom. The average Bonchev–Trinajstić information content (AvgIpc) is 2.90. The molecule has 0 aliphatic heterocycles. The molecule has 0 aromatic heterocycles. The standard InChI is InChI=1S/C29H44FNO5/c1-3-14-32-15-16-33-17-18-34-19-20-35-21-22-36-26(2)29(30)25-31(23-27-10-6-4-7-11-27)24-28-12-8-5-9-13-28/h4-13,26,29H,3,14-25H2,1-2H3. The van der Waals surface area contributed by atoms with E-state index in [1.165, 1.54) is 0 Å². The number of benzene rings is 2. The molecule has 0 fully saturated rings. The molecule has 0 aliphatic carbocycles. The highest BCUT2D eigenvalue weighted by Crippen LogP contribution is 2.14. The third kappa shape index (κ3) is 14.6. The summed E-state index contributed by atoms with van der Waals surface area (Å²) in [4.78, 5) is 2.13. The van der Waals surface area contributed by atoms with Gasteiger partial charge in [0.2, 0.25) is 0 Å². The van der Waals surface area contributed by atoms with Gasteiger partial charge in [-0.15, -0.1) is 0 Å². The predicted molar refractivity (Wildman–Crippen MR) is 141 cm³/mol. The minimum absolute atomic E-state index is 0.298. The van der Waals surface area contributed by atoms with Crippen molar-refractivity contribution in [1.82, 2.24) is 4.90 Å². The van der Waals surface area contributed by atoms with Crippen LogP contribution in [0.2, 0.25) is 0 Å². The van der Waals surface area contributed by atoms with E-state index in [-0.39, 0.29) is 0 Å². The van der Waals surface area contributed by atoms with Crippen molar-refractivity contribution in [1.29, 1.82) is 0 Å². The van der Waals surface area contributed by atoms with Gasteiger partial charge in [0, 0.05) is 26.2 Å². The van der Waals surface area contributed by atoms with E-state index in [0.29, 0.717) is 72.5 Å². The Labute approximate surface area is 216 Å². The van der Waals surface area contributed by atoms with E-state index in [4.69, 9.17) is 23.7 Å². The lowest BCUT2D eigenvalue weighted by Crippen LogP contribution is -2.36. The fourth-order valence-electron chi connectivity index (χ4n) is 3.57. The monoisotopic (exact) mass is 505 g/mol. The van der Waals surface area contributed by atoms with E-state index in [1.807, 2.05) is 36.4 Å². The predicted octanol–water partition coefficient (Wildman–Crippen LogP) is 4.91. The first-order valence-electron chi connectivity index (χ1n) is 13.1. The van der Waals surface area contributed by atoms with E-state index in [9.17, 15) is 0 Å². The van der Waals surface area contributed by atoms with Gasteiger partial charge in [0.1, 0.15) is 6.17 Å². The van der Waals surface area contributed by atoms with Crippen LogP contribution in [0.1, 0.15) is 31.4 Å². The molecule has 0 heterocycles. The van der Waals surface area contributed by atoms with Crippen LogP contribution in [0, 0.1) is 0 Å². The molecule has 2 unspecified atom stereocenters. The van der Waals surface area contributed by atoms with Gasteiger partial charge in [-0.05, 0) is 24.5 Å².